The number of nitrogens with one attached hydrogen (secondary N) is 1. The van der Waals surface area contributed by atoms with E-state index in [9.17, 15) is 4.79 Å². The lowest BCUT2D eigenvalue weighted by Crippen LogP contribution is -2.42. The number of amides is 2. The maximum absolute atomic E-state index is 12.5. The zero-order valence-electron chi connectivity index (χ0n) is 14.2. The molecule has 0 unspecified atom stereocenters. The van der Waals surface area contributed by atoms with Crippen LogP contribution in [-0.2, 0) is 6.42 Å². The van der Waals surface area contributed by atoms with Gasteiger partial charge in [0.25, 0.3) is 0 Å². The summed E-state index contributed by atoms with van der Waals surface area (Å²) in [6.07, 6.45) is 7.05. The van der Waals surface area contributed by atoms with Gasteiger partial charge in [-0.05, 0) is 55.4 Å². The second kappa shape index (κ2) is 8.94. The number of halogens is 3. The number of urea groups is 1. The summed E-state index contributed by atoms with van der Waals surface area (Å²) in [6, 6.07) is 7.09. The molecule has 1 aliphatic rings. The van der Waals surface area contributed by atoms with Crippen molar-refractivity contribution in [3.05, 3.63) is 57.3 Å². The van der Waals surface area contributed by atoms with Gasteiger partial charge in [-0.2, -0.15) is 0 Å². The molecule has 3 rings (SSSR count). The van der Waals surface area contributed by atoms with E-state index in [4.69, 9.17) is 34.8 Å². The quantitative estimate of drug-likeness (QED) is 0.677. The summed E-state index contributed by atoms with van der Waals surface area (Å²) in [7, 11) is 0. The van der Waals surface area contributed by atoms with Gasteiger partial charge in [-0.1, -0.05) is 40.9 Å². The molecule has 0 saturated carbocycles. The molecule has 1 atom stereocenters. The van der Waals surface area contributed by atoms with Gasteiger partial charge < -0.3 is 10.2 Å². The Kier molecular flexibility index (Phi) is 6.63. The predicted octanol–water partition coefficient (Wildman–Crippen LogP) is 5.92. The number of nitrogens with zero attached hydrogens (tertiary/aromatic N) is 2. The SMILES string of the molecule is O=C(Nc1cccc(Cl)c1)N1CCC[C@@H](CCc2c(Cl)cncc2Cl)C1. The Morgan fingerprint density at radius 2 is 2.00 bits per heavy atom. The molecule has 1 N–H and O–H groups in total. The Balaban J connectivity index is 1.56. The van der Waals surface area contributed by atoms with Crippen molar-refractivity contribution in [3.63, 3.8) is 0 Å². The second-order valence-electron chi connectivity index (χ2n) is 6.52. The first-order valence-corrected chi connectivity index (χ1v) is 9.75. The van der Waals surface area contributed by atoms with Gasteiger partial charge in [-0.3, -0.25) is 4.98 Å². The third kappa shape index (κ3) is 5.03. The summed E-state index contributed by atoms with van der Waals surface area (Å²) < 4.78 is 0. The fraction of sp³-hybridized carbons (Fsp3) is 0.368. The maximum Gasteiger partial charge on any atom is 0.321 e. The standard InChI is InChI=1S/C19H20Cl3N3O/c20-14-4-1-5-15(9-14)24-19(26)25-8-2-3-13(12-25)6-7-16-17(21)10-23-11-18(16)22/h1,4-5,9-11,13H,2-3,6-8,12H2,(H,24,26)/t13-/m0/s1. The number of aromatic nitrogens is 1. The van der Waals surface area contributed by atoms with E-state index in [1.807, 2.05) is 17.0 Å². The van der Waals surface area contributed by atoms with E-state index in [0.29, 0.717) is 26.7 Å². The van der Waals surface area contributed by atoms with Gasteiger partial charge >= 0.3 is 6.03 Å². The maximum atomic E-state index is 12.5. The van der Waals surface area contributed by atoms with Crippen LogP contribution in [0.4, 0.5) is 10.5 Å². The van der Waals surface area contributed by atoms with Crippen LogP contribution in [0.5, 0.6) is 0 Å². The lowest BCUT2D eigenvalue weighted by Gasteiger charge is -2.33. The van der Waals surface area contributed by atoms with Crippen LogP contribution in [0.3, 0.4) is 0 Å². The van der Waals surface area contributed by atoms with E-state index in [2.05, 4.69) is 10.3 Å². The molecule has 0 aliphatic carbocycles. The third-order valence-electron chi connectivity index (χ3n) is 4.64. The Morgan fingerprint density at radius 1 is 1.23 bits per heavy atom. The molecule has 1 aromatic heterocycles. The number of hydrogen-bond acceptors (Lipinski definition) is 2. The van der Waals surface area contributed by atoms with E-state index in [-0.39, 0.29) is 6.03 Å². The highest BCUT2D eigenvalue weighted by Crippen LogP contribution is 2.28. The number of benzene rings is 1. The molecule has 138 valence electrons. The molecule has 1 saturated heterocycles. The van der Waals surface area contributed by atoms with Gasteiger partial charge in [0.2, 0.25) is 0 Å². The minimum Gasteiger partial charge on any atom is -0.324 e. The van der Waals surface area contributed by atoms with Crippen molar-refractivity contribution in [2.24, 2.45) is 5.92 Å². The number of rotatable bonds is 4. The van der Waals surface area contributed by atoms with Crippen molar-refractivity contribution < 1.29 is 4.79 Å². The van der Waals surface area contributed by atoms with Crippen LogP contribution in [0.15, 0.2) is 36.7 Å². The molecule has 7 heteroatoms. The molecule has 1 aliphatic heterocycles. The van der Waals surface area contributed by atoms with Gasteiger partial charge in [-0.15, -0.1) is 0 Å². The number of hydrogen-bond donors (Lipinski definition) is 1. The van der Waals surface area contributed by atoms with E-state index in [1.165, 1.54) is 0 Å². The topological polar surface area (TPSA) is 45.2 Å². The van der Waals surface area contributed by atoms with E-state index in [0.717, 1.165) is 44.3 Å². The molecule has 4 nitrogen and oxygen atoms in total. The number of piperidine rings is 1. The minimum atomic E-state index is -0.0862. The lowest BCUT2D eigenvalue weighted by atomic mass is 9.92. The number of carbonyl (C=O) groups is 1. The van der Waals surface area contributed by atoms with Crippen molar-refractivity contribution in [2.75, 3.05) is 18.4 Å². The molecule has 26 heavy (non-hydrogen) atoms. The molecule has 1 aromatic carbocycles. The van der Waals surface area contributed by atoms with E-state index >= 15 is 0 Å². The Morgan fingerprint density at radius 3 is 2.73 bits per heavy atom. The summed E-state index contributed by atoms with van der Waals surface area (Å²) in [5.74, 6) is 0.425. The van der Waals surface area contributed by atoms with Crippen molar-refractivity contribution in [1.82, 2.24) is 9.88 Å². The third-order valence-corrected chi connectivity index (χ3v) is 5.52. The molecule has 2 aromatic rings. The van der Waals surface area contributed by atoms with Gasteiger partial charge in [0.1, 0.15) is 0 Å². The second-order valence-corrected chi connectivity index (χ2v) is 7.77. The predicted molar refractivity (Wildman–Crippen MR) is 107 cm³/mol. The first-order chi connectivity index (χ1) is 12.5. The molecule has 1 fully saturated rings. The van der Waals surface area contributed by atoms with Crippen LogP contribution in [-0.4, -0.2) is 29.0 Å². The highest BCUT2D eigenvalue weighted by Gasteiger charge is 2.24. The number of carbonyl (C=O) groups excluding carboxylic acids is 1. The van der Waals surface area contributed by atoms with Gasteiger partial charge in [0.05, 0.1) is 10.0 Å². The zero-order chi connectivity index (χ0) is 18.5. The zero-order valence-corrected chi connectivity index (χ0v) is 16.5. The fourth-order valence-corrected chi connectivity index (χ4v) is 4.02. The average molecular weight is 413 g/mol. The summed E-state index contributed by atoms with van der Waals surface area (Å²) in [4.78, 5) is 18.4. The molecule has 2 heterocycles. The summed E-state index contributed by atoms with van der Waals surface area (Å²) in [5, 5.41) is 4.72. The summed E-state index contributed by atoms with van der Waals surface area (Å²) in [5.41, 5.74) is 1.64. The Hall–Kier alpha value is -1.49. The first kappa shape index (κ1) is 19.3. The van der Waals surface area contributed by atoms with Crippen molar-refractivity contribution in [2.45, 2.75) is 25.7 Å². The molecule has 0 spiro atoms. The van der Waals surface area contributed by atoms with Crippen LogP contribution in [0.25, 0.3) is 0 Å². The van der Waals surface area contributed by atoms with E-state index in [1.54, 1.807) is 24.5 Å². The number of pyridine rings is 1. The summed E-state index contributed by atoms with van der Waals surface area (Å²) in [6.45, 7) is 1.49. The van der Waals surface area contributed by atoms with E-state index < -0.39 is 0 Å². The van der Waals surface area contributed by atoms with Crippen molar-refractivity contribution >= 4 is 46.5 Å². The molecule has 0 bridgehead atoms. The van der Waals surface area contributed by atoms with Crippen LogP contribution < -0.4 is 5.32 Å². The molecular formula is C19H20Cl3N3O. The average Bonchev–Trinajstić information content (AvgIpc) is 2.61. The van der Waals surface area contributed by atoms with Gasteiger partial charge in [0.15, 0.2) is 0 Å². The Labute approximate surface area is 168 Å². The van der Waals surface area contributed by atoms with Crippen molar-refractivity contribution in [3.8, 4) is 0 Å². The molecular weight excluding hydrogens is 393 g/mol. The van der Waals surface area contributed by atoms with Crippen LogP contribution in [0.2, 0.25) is 15.1 Å². The monoisotopic (exact) mass is 411 g/mol. The number of likely N-dealkylation sites (tertiary alicyclic amines) is 1. The fourth-order valence-electron chi connectivity index (χ4n) is 3.28. The summed E-state index contributed by atoms with van der Waals surface area (Å²) >= 11 is 18.4. The minimum absolute atomic E-state index is 0.0862. The van der Waals surface area contributed by atoms with Crippen LogP contribution in [0, 0.1) is 5.92 Å². The highest BCUT2D eigenvalue weighted by atomic mass is 35.5. The largest absolute Gasteiger partial charge is 0.324 e. The Bertz CT molecular complexity index is 764. The van der Waals surface area contributed by atoms with Gasteiger partial charge in [0, 0.05) is 36.2 Å². The molecule has 2 amide bonds. The van der Waals surface area contributed by atoms with Crippen LogP contribution in [0.1, 0.15) is 24.8 Å². The smallest absolute Gasteiger partial charge is 0.321 e. The number of anilines is 1. The van der Waals surface area contributed by atoms with Crippen molar-refractivity contribution in [1.29, 1.82) is 0 Å². The van der Waals surface area contributed by atoms with Gasteiger partial charge in [-0.25, -0.2) is 4.79 Å². The first-order valence-electron chi connectivity index (χ1n) is 8.62. The van der Waals surface area contributed by atoms with Crippen LogP contribution >= 0.6 is 34.8 Å². The normalized spacial score (nSPS) is 17.2. The molecule has 0 radical (unpaired) electrons. The lowest BCUT2D eigenvalue weighted by molar-refractivity contribution is 0.174. The highest BCUT2D eigenvalue weighted by molar-refractivity contribution is 6.35.